The monoisotopic (exact) mass is 358 g/mol. The second-order valence-corrected chi connectivity index (χ2v) is 8.33. The van der Waals surface area contributed by atoms with E-state index >= 15 is 0 Å². The average molecular weight is 359 g/mol. The number of piperidine rings is 1. The molecule has 5 nitrogen and oxygen atoms in total. The molecular formula is C16H23ClN2O3S. The molecule has 0 N–H and O–H groups in total. The third kappa shape index (κ3) is 5.79. The third-order valence-corrected chi connectivity index (χ3v) is 5.53. The smallest absolute Gasteiger partial charge is 0.223 e. The van der Waals surface area contributed by atoms with E-state index in [1.165, 1.54) is 10.6 Å². The highest BCUT2D eigenvalue weighted by Crippen LogP contribution is 2.15. The van der Waals surface area contributed by atoms with Crippen LogP contribution in [0.3, 0.4) is 0 Å². The number of halogens is 1. The lowest BCUT2D eigenvalue weighted by molar-refractivity contribution is -0.132. The summed E-state index contributed by atoms with van der Waals surface area (Å²) < 4.78 is 25.3. The van der Waals surface area contributed by atoms with Crippen LogP contribution >= 0.6 is 11.6 Å². The maximum absolute atomic E-state index is 12.2. The molecule has 1 saturated heterocycles. The summed E-state index contributed by atoms with van der Waals surface area (Å²) in [7, 11) is -3.37. The average Bonchev–Trinajstić information content (AvgIpc) is 2.52. The van der Waals surface area contributed by atoms with Gasteiger partial charge in [0.1, 0.15) is 0 Å². The van der Waals surface area contributed by atoms with Crippen LogP contribution in [0, 0.1) is 0 Å². The van der Waals surface area contributed by atoms with Crippen LogP contribution in [0.25, 0.3) is 0 Å². The highest BCUT2D eigenvalue weighted by Gasteiger charge is 2.21. The zero-order chi connectivity index (χ0) is 16.9. The Labute approximate surface area is 143 Å². The van der Waals surface area contributed by atoms with Crippen molar-refractivity contribution in [2.75, 3.05) is 25.9 Å². The van der Waals surface area contributed by atoms with Crippen LogP contribution < -0.4 is 0 Å². The molecule has 1 aliphatic heterocycles. The van der Waals surface area contributed by atoms with E-state index in [1.807, 2.05) is 4.90 Å². The number of sulfonamides is 1. The van der Waals surface area contributed by atoms with E-state index in [1.54, 1.807) is 24.3 Å². The molecule has 0 bridgehead atoms. The Morgan fingerprint density at radius 3 is 2.35 bits per heavy atom. The minimum Gasteiger partial charge on any atom is -0.343 e. The molecule has 1 amide bonds. The number of amides is 1. The van der Waals surface area contributed by atoms with Gasteiger partial charge in [-0.2, -0.15) is 4.31 Å². The molecule has 1 aromatic rings. The highest BCUT2D eigenvalue weighted by atomic mass is 35.5. The first-order chi connectivity index (χ1) is 10.9. The van der Waals surface area contributed by atoms with Crippen LogP contribution in [0.4, 0.5) is 0 Å². The number of hydrogen-bond acceptors (Lipinski definition) is 3. The molecule has 1 aliphatic rings. The first-order valence-electron chi connectivity index (χ1n) is 7.83. The second kappa shape index (κ2) is 8.13. The first-order valence-corrected chi connectivity index (χ1v) is 10.1. The molecule has 7 heteroatoms. The van der Waals surface area contributed by atoms with Crippen LogP contribution in [0.2, 0.25) is 5.02 Å². The Balaban J connectivity index is 1.96. The number of hydrogen-bond donors (Lipinski definition) is 0. The number of nitrogens with zero attached hydrogens (tertiary/aromatic N) is 2. The molecule has 0 aromatic heterocycles. The molecule has 1 heterocycles. The Morgan fingerprint density at radius 2 is 1.78 bits per heavy atom. The van der Waals surface area contributed by atoms with E-state index in [4.69, 9.17) is 11.6 Å². The lowest BCUT2D eigenvalue weighted by atomic mass is 10.1. The fraction of sp³-hybridized carbons (Fsp3) is 0.562. The molecule has 1 fully saturated rings. The number of likely N-dealkylation sites (tertiary alicyclic amines) is 1. The van der Waals surface area contributed by atoms with Crippen molar-refractivity contribution < 1.29 is 13.2 Å². The molecule has 0 radical (unpaired) electrons. The summed E-state index contributed by atoms with van der Waals surface area (Å²) in [6, 6.07) is 7.06. The van der Waals surface area contributed by atoms with Gasteiger partial charge in [0, 0.05) is 37.6 Å². The lowest BCUT2D eigenvalue weighted by Gasteiger charge is -2.28. The SMILES string of the molecule is CS(=O)(=O)N(CCC(=O)N1CCCCC1)Cc1ccc(Cl)cc1. The fourth-order valence-electron chi connectivity index (χ4n) is 2.68. The van der Waals surface area contributed by atoms with E-state index < -0.39 is 10.0 Å². The number of carbonyl (C=O) groups excluding carboxylic acids is 1. The maximum Gasteiger partial charge on any atom is 0.223 e. The summed E-state index contributed by atoms with van der Waals surface area (Å²) in [6.45, 7) is 2.03. The van der Waals surface area contributed by atoms with E-state index in [0.717, 1.165) is 37.9 Å². The van der Waals surface area contributed by atoms with Gasteiger partial charge >= 0.3 is 0 Å². The first kappa shape index (κ1) is 18.2. The minimum atomic E-state index is -3.37. The zero-order valence-electron chi connectivity index (χ0n) is 13.4. The van der Waals surface area contributed by atoms with Gasteiger partial charge < -0.3 is 4.90 Å². The van der Waals surface area contributed by atoms with Crippen LogP contribution in [0.15, 0.2) is 24.3 Å². The van der Waals surface area contributed by atoms with Gasteiger partial charge in [0.25, 0.3) is 0 Å². The van der Waals surface area contributed by atoms with Crippen LogP contribution in [0.1, 0.15) is 31.2 Å². The second-order valence-electron chi connectivity index (χ2n) is 5.91. The number of carbonyl (C=O) groups is 1. The molecule has 128 valence electrons. The van der Waals surface area contributed by atoms with E-state index in [2.05, 4.69) is 0 Å². The summed E-state index contributed by atoms with van der Waals surface area (Å²) in [6.07, 6.45) is 4.63. The van der Waals surface area contributed by atoms with Crippen molar-refractivity contribution in [3.05, 3.63) is 34.9 Å². The van der Waals surface area contributed by atoms with Crippen molar-refractivity contribution in [3.8, 4) is 0 Å². The topological polar surface area (TPSA) is 57.7 Å². The highest BCUT2D eigenvalue weighted by molar-refractivity contribution is 7.88. The van der Waals surface area contributed by atoms with Crippen LogP contribution in [-0.2, 0) is 21.4 Å². The van der Waals surface area contributed by atoms with Gasteiger partial charge in [0.2, 0.25) is 15.9 Å². The number of benzene rings is 1. The summed E-state index contributed by atoms with van der Waals surface area (Å²) in [4.78, 5) is 14.1. The Hall–Kier alpha value is -1.11. The lowest BCUT2D eigenvalue weighted by Crippen LogP contribution is -2.38. The van der Waals surface area contributed by atoms with Crippen LogP contribution in [-0.4, -0.2) is 49.4 Å². The minimum absolute atomic E-state index is 0.0365. The quantitative estimate of drug-likeness (QED) is 0.785. The molecule has 1 aromatic carbocycles. The van der Waals surface area contributed by atoms with Gasteiger partial charge in [-0.05, 0) is 37.0 Å². The molecular weight excluding hydrogens is 336 g/mol. The molecule has 0 spiro atoms. The summed E-state index contributed by atoms with van der Waals surface area (Å²) in [5.74, 6) is 0.0365. The van der Waals surface area contributed by atoms with Gasteiger partial charge in [-0.1, -0.05) is 23.7 Å². The largest absolute Gasteiger partial charge is 0.343 e. The van der Waals surface area contributed by atoms with Crippen molar-refractivity contribution in [3.63, 3.8) is 0 Å². The zero-order valence-corrected chi connectivity index (χ0v) is 14.9. The van der Waals surface area contributed by atoms with Gasteiger partial charge in [0.05, 0.1) is 6.26 Å². The van der Waals surface area contributed by atoms with Crippen LogP contribution in [0.5, 0.6) is 0 Å². The standard InChI is InChI=1S/C16H23ClN2O3S/c1-23(21,22)19(13-14-5-7-15(17)8-6-14)12-9-16(20)18-10-3-2-4-11-18/h5-8H,2-4,9-13H2,1H3. The number of rotatable bonds is 6. The van der Waals surface area contributed by atoms with Crippen molar-refractivity contribution in [2.24, 2.45) is 0 Å². The summed E-state index contributed by atoms with van der Waals surface area (Å²) >= 11 is 5.84. The van der Waals surface area contributed by atoms with Crippen molar-refractivity contribution in [1.82, 2.24) is 9.21 Å². The van der Waals surface area contributed by atoms with Crippen molar-refractivity contribution >= 4 is 27.5 Å². The predicted octanol–water partition coefficient (Wildman–Crippen LogP) is 2.50. The van der Waals surface area contributed by atoms with E-state index in [-0.39, 0.29) is 25.4 Å². The molecule has 0 atom stereocenters. The molecule has 0 saturated carbocycles. The Morgan fingerprint density at radius 1 is 1.17 bits per heavy atom. The van der Waals surface area contributed by atoms with Crippen molar-refractivity contribution in [2.45, 2.75) is 32.2 Å². The maximum atomic E-state index is 12.2. The van der Waals surface area contributed by atoms with Crippen molar-refractivity contribution in [1.29, 1.82) is 0 Å². The fourth-order valence-corrected chi connectivity index (χ4v) is 3.61. The predicted molar refractivity (Wildman–Crippen MR) is 91.8 cm³/mol. The summed E-state index contributed by atoms with van der Waals surface area (Å²) in [5.41, 5.74) is 0.852. The van der Waals surface area contributed by atoms with E-state index in [0.29, 0.717) is 5.02 Å². The van der Waals surface area contributed by atoms with Gasteiger partial charge in [0.15, 0.2) is 0 Å². The van der Waals surface area contributed by atoms with Gasteiger partial charge in [-0.15, -0.1) is 0 Å². The van der Waals surface area contributed by atoms with E-state index in [9.17, 15) is 13.2 Å². The molecule has 0 unspecified atom stereocenters. The molecule has 23 heavy (non-hydrogen) atoms. The third-order valence-electron chi connectivity index (χ3n) is 4.03. The van der Waals surface area contributed by atoms with Gasteiger partial charge in [-0.3, -0.25) is 4.79 Å². The summed E-state index contributed by atoms with van der Waals surface area (Å²) in [5, 5.41) is 0.611. The normalized spacial score (nSPS) is 15.9. The Kier molecular flexibility index (Phi) is 6.44. The molecule has 0 aliphatic carbocycles. The Bertz CT molecular complexity index is 625. The molecule has 2 rings (SSSR count). The van der Waals surface area contributed by atoms with Gasteiger partial charge in [-0.25, -0.2) is 8.42 Å².